The maximum Gasteiger partial charge on any atom is 0.231 e. The van der Waals surface area contributed by atoms with Crippen molar-refractivity contribution in [3.63, 3.8) is 0 Å². The van der Waals surface area contributed by atoms with Crippen molar-refractivity contribution in [1.82, 2.24) is 9.97 Å². The molecule has 0 aliphatic carbocycles. The van der Waals surface area contributed by atoms with Crippen LogP contribution in [0.2, 0.25) is 0 Å². The number of oxazole rings is 1. The van der Waals surface area contributed by atoms with Crippen LogP contribution < -0.4 is 0 Å². The molecule has 0 atom stereocenters. The predicted molar refractivity (Wildman–Crippen MR) is 127 cm³/mol. The third-order valence-electron chi connectivity index (χ3n) is 5.67. The minimum Gasteiger partial charge on any atom is -0.507 e. The minimum absolute atomic E-state index is 0.142. The highest BCUT2D eigenvalue weighted by molar-refractivity contribution is 6.05. The molecule has 0 aliphatic rings. The molecule has 0 aliphatic heterocycles. The molecule has 2 aromatic heterocycles. The molecule has 6 rings (SSSR count). The molecule has 0 spiro atoms. The van der Waals surface area contributed by atoms with Crippen molar-refractivity contribution in [3.05, 3.63) is 103 Å². The molecule has 1 N–H and O–H groups in total. The second-order valence-electron chi connectivity index (χ2n) is 7.65. The molecule has 0 bridgehead atoms. The van der Waals surface area contributed by atoms with E-state index in [0.29, 0.717) is 17.0 Å². The van der Waals surface area contributed by atoms with Crippen LogP contribution in [-0.2, 0) is 0 Å². The molecule has 2 heterocycles. The van der Waals surface area contributed by atoms with E-state index < -0.39 is 0 Å². The lowest BCUT2D eigenvalue weighted by molar-refractivity contribution is 0.474. The van der Waals surface area contributed by atoms with Gasteiger partial charge in [0.05, 0.1) is 11.3 Å². The number of nitrogens with zero attached hydrogens (tertiary/aromatic N) is 2. The van der Waals surface area contributed by atoms with Gasteiger partial charge in [0.15, 0.2) is 5.58 Å². The normalized spacial score (nSPS) is 11.2. The van der Waals surface area contributed by atoms with Crippen LogP contribution in [0.1, 0.15) is 0 Å². The van der Waals surface area contributed by atoms with Crippen molar-refractivity contribution in [2.24, 2.45) is 0 Å². The van der Waals surface area contributed by atoms with E-state index in [-0.39, 0.29) is 5.75 Å². The minimum atomic E-state index is 0.142. The summed E-state index contributed by atoms with van der Waals surface area (Å²) in [5, 5.41) is 12.5. The number of aromatic hydroxyl groups is 1. The molecule has 0 saturated heterocycles. The maximum atomic E-state index is 10.3. The van der Waals surface area contributed by atoms with Gasteiger partial charge >= 0.3 is 0 Å². The monoisotopic (exact) mass is 414 g/mol. The van der Waals surface area contributed by atoms with Crippen LogP contribution >= 0.6 is 0 Å². The number of phenols is 1. The van der Waals surface area contributed by atoms with E-state index in [1.807, 2.05) is 48.5 Å². The van der Waals surface area contributed by atoms with Gasteiger partial charge in [-0.3, -0.25) is 4.98 Å². The zero-order chi connectivity index (χ0) is 21.5. The Balaban J connectivity index is 1.62. The Labute approximate surface area is 184 Å². The van der Waals surface area contributed by atoms with Gasteiger partial charge < -0.3 is 9.52 Å². The van der Waals surface area contributed by atoms with Crippen LogP contribution in [0.4, 0.5) is 0 Å². The number of phenolic OH excluding ortho intramolecular Hbond substituents is 1. The van der Waals surface area contributed by atoms with Crippen molar-refractivity contribution in [2.75, 3.05) is 0 Å². The summed E-state index contributed by atoms with van der Waals surface area (Å²) in [4.78, 5) is 9.33. The molecule has 4 heteroatoms. The largest absolute Gasteiger partial charge is 0.507 e. The predicted octanol–water partition coefficient (Wildman–Crippen LogP) is 7.08. The van der Waals surface area contributed by atoms with Crippen molar-refractivity contribution >= 4 is 21.9 Å². The lowest BCUT2D eigenvalue weighted by atomic mass is 9.94. The van der Waals surface area contributed by atoms with Gasteiger partial charge in [-0.2, -0.15) is 0 Å². The van der Waals surface area contributed by atoms with Crippen LogP contribution in [0.3, 0.4) is 0 Å². The molecule has 0 unspecified atom stereocenters. The Bertz CT molecular complexity index is 1590. The lowest BCUT2D eigenvalue weighted by Gasteiger charge is -2.11. The van der Waals surface area contributed by atoms with Gasteiger partial charge in [0.1, 0.15) is 11.3 Å². The standard InChI is InChI=1S/C28H18N2O2/c31-25-13-4-3-10-22(25)28-30-27-21(11-7-14-26(27)32-28)23-17-19(24-12-5-6-15-29-24)16-18-8-1-2-9-20(18)23/h1-17,31H. The average molecular weight is 414 g/mol. The molecule has 4 nitrogen and oxygen atoms in total. The molecular weight excluding hydrogens is 396 g/mol. The summed E-state index contributed by atoms with van der Waals surface area (Å²) in [6, 6.07) is 31.6. The summed E-state index contributed by atoms with van der Waals surface area (Å²) >= 11 is 0. The van der Waals surface area contributed by atoms with Crippen molar-refractivity contribution in [3.8, 4) is 39.6 Å². The first kappa shape index (κ1) is 18.3. The van der Waals surface area contributed by atoms with E-state index in [2.05, 4.69) is 35.3 Å². The fourth-order valence-corrected chi connectivity index (χ4v) is 4.15. The lowest BCUT2D eigenvalue weighted by Crippen LogP contribution is -1.88. The number of rotatable bonds is 3. The highest BCUT2D eigenvalue weighted by Crippen LogP contribution is 2.39. The van der Waals surface area contributed by atoms with Crippen LogP contribution in [0.25, 0.3) is 55.7 Å². The van der Waals surface area contributed by atoms with Gasteiger partial charge in [0.25, 0.3) is 0 Å². The first-order valence-electron chi connectivity index (χ1n) is 10.4. The summed E-state index contributed by atoms with van der Waals surface area (Å²) in [5.74, 6) is 0.541. The van der Waals surface area contributed by atoms with Crippen LogP contribution in [0.15, 0.2) is 108 Å². The topological polar surface area (TPSA) is 59.2 Å². The van der Waals surface area contributed by atoms with Crippen LogP contribution in [0, 0.1) is 0 Å². The smallest absolute Gasteiger partial charge is 0.231 e. The third kappa shape index (κ3) is 3.01. The highest BCUT2D eigenvalue weighted by Gasteiger charge is 2.17. The summed E-state index contributed by atoms with van der Waals surface area (Å²) in [6.45, 7) is 0. The van der Waals surface area contributed by atoms with Crippen LogP contribution in [-0.4, -0.2) is 15.1 Å². The second-order valence-corrected chi connectivity index (χ2v) is 7.65. The Morgan fingerprint density at radius 3 is 2.38 bits per heavy atom. The van der Waals surface area contributed by atoms with Gasteiger partial charge in [-0.25, -0.2) is 4.98 Å². The van der Waals surface area contributed by atoms with E-state index >= 15 is 0 Å². The van der Waals surface area contributed by atoms with E-state index in [1.54, 1.807) is 24.4 Å². The van der Waals surface area contributed by atoms with Crippen molar-refractivity contribution in [1.29, 1.82) is 0 Å². The molecule has 0 saturated carbocycles. The first-order valence-corrected chi connectivity index (χ1v) is 10.4. The first-order chi connectivity index (χ1) is 15.8. The van der Waals surface area contributed by atoms with Gasteiger partial charge in [-0.1, -0.05) is 54.6 Å². The second kappa shape index (κ2) is 7.36. The molecule has 0 radical (unpaired) electrons. The van der Waals surface area contributed by atoms with Crippen molar-refractivity contribution < 1.29 is 9.52 Å². The maximum absolute atomic E-state index is 10.3. The summed E-state index contributed by atoms with van der Waals surface area (Å²) < 4.78 is 6.04. The zero-order valence-corrected chi connectivity index (χ0v) is 17.1. The highest BCUT2D eigenvalue weighted by atomic mass is 16.3. The zero-order valence-electron chi connectivity index (χ0n) is 17.1. The molecule has 0 amide bonds. The quantitative estimate of drug-likeness (QED) is 0.336. The van der Waals surface area contributed by atoms with Gasteiger partial charge in [0.2, 0.25) is 5.89 Å². The molecule has 32 heavy (non-hydrogen) atoms. The number of benzene rings is 4. The third-order valence-corrected chi connectivity index (χ3v) is 5.67. The van der Waals surface area contributed by atoms with E-state index in [4.69, 9.17) is 9.40 Å². The van der Waals surface area contributed by atoms with Crippen LogP contribution in [0.5, 0.6) is 5.75 Å². The van der Waals surface area contributed by atoms with Gasteiger partial charge in [-0.05, 0) is 58.8 Å². The fourth-order valence-electron chi connectivity index (χ4n) is 4.15. The molecule has 4 aromatic carbocycles. The Hall–Kier alpha value is -4.44. The summed E-state index contributed by atoms with van der Waals surface area (Å²) in [7, 11) is 0. The molecular formula is C28H18N2O2. The Morgan fingerprint density at radius 2 is 1.50 bits per heavy atom. The fraction of sp³-hybridized carbons (Fsp3) is 0. The Kier molecular flexibility index (Phi) is 4.22. The number of hydrogen-bond acceptors (Lipinski definition) is 4. The molecule has 6 aromatic rings. The van der Waals surface area contributed by atoms with Crippen molar-refractivity contribution in [2.45, 2.75) is 0 Å². The molecule has 152 valence electrons. The number of hydrogen-bond donors (Lipinski definition) is 1. The number of fused-ring (bicyclic) bond motifs is 2. The Morgan fingerprint density at radius 1 is 0.688 bits per heavy atom. The number of pyridine rings is 1. The van der Waals surface area contributed by atoms with Gasteiger partial charge in [-0.15, -0.1) is 0 Å². The summed E-state index contributed by atoms with van der Waals surface area (Å²) in [5.41, 5.74) is 6.00. The van der Waals surface area contributed by atoms with E-state index in [9.17, 15) is 5.11 Å². The SMILES string of the molecule is Oc1ccccc1-c1nc2c(-c3cc(-c4ccccn4)cc4ccccc34)cccc2o1. The number of aromatic nitrogens is 2. The average Bonchev–Trinajstić information content (AvgIpc) is 3.28. The molecule has 0 fully saturated rings. The number of para-hydroxylation sites is 2. The van der Waals surface area contributed by atoms with E-state index in [0.717, 1.165) is 38.7 Å². The van der Waals surface area contributed by atoms with E-state index in [1.165, 1.54) is 0 Å². The van der Waals surface area contributed by atoms with Gasteiger partial charge in [0, 0.05) is 17.3 Å². The summed E-state index contributed by atoms with van der Waals surface area (Å²) in [6.07, 6.45) is 1.81.